The summed E-state index contributed by atoms with van der Waals surface area (Å²) >= 11 is 0. The smallest absolute Gasteiger partial charge is 0.145 e. The Morgan fingerprint density at radius 2 is 1.92 bits per heavy atom. The van der Waals surface area contributed by atoms with Crippen molar-refractivity contribution in [3.63, 3.8) is 0 Å². The Kier molecular flexibility index (Phi) is 5.88. The SMILES string of the molecule is COc1ccc2c(N3CCOc4c(C)cc(-c5ccc6nc[nH]c6c5)cc4C3)nc(CN(C)C)nc2c1. The molecular weight excluding hydrogens is 464 g/mol. The number of fused-ring (bicyclic) bond motifs is 3. The summed E-state index contributed by atoms with van der Waals surface area (Å²) in [6.45, 7) is 4.77. The van der Waals surface area contributed by atoms with E-state index in [4.69, 9.17) is 19.4 Å². The number of ether oxygens (including phenoxy) is 2. The number of hydrogen-bond donors (Lipinski definition) is 1. The standard InChI is InChI=1S/C29H30N6O2/c1-18-11-20(19-5-8-24-26(13-19)31-17-30-24)12-21-15-35(9-10-37-28(18)21)29-23-7-6-22(36-4)14-25(23)32-27(33-29)16-34(2)3/h5-8,11-14,17H,9-10,15-16H2,1-4H3,(H,30,31). The summed E-state index contributed by atoms with van der Waals surface area (Å²) in [5.41, 5.74) is 7.44. The first kappa shape index (κ1) is 23.2. The summed E-state index contributed by atoms with van der Waals surface area (Å²) in [4.78, 5) is 21.8. The number of hydrogen-bond acceptors (Lipinski definition) is 7. The second-order valence-electron chi connectivity index (χ2n) is 9.77. The van der Waals surface area contributed by atoms with E-state index >= 15 is 0 Å². The lowest BCUT2D eigenvalue weighted by atomic mass is 9.98. The Bertz CT molecular complexity index is 1610. The fraction of sp³-hybridized carbons (Fsp3) is 0.276. The van der Waals surface area contributed by atoms with E-state index in [2.05, 4.69) is 63.1 Å². The topological polar surface area (TPSA) is 79.4 Å². The molecule has 2 aromatic heterocycles. The highest BCUT2D eigenvalue weighted by Crippen LogP contribution is 2.36. The van der Waals surface area contributed by atoms with Crippen LogP contribution < -0.4 is 14.4 Å². The van der Waals surface area contributed by atoms with E-state index < -0.39 is 0 Å². The van der Waals surface area contributed by atoms with Crippen LogP contribution in [0, 0.1) is 6.92 Å². The molecule has 37 heavy (non-hydrogen) atoms. The zero-order chi connectivity index (χ0) is 25.5. The number of aromatic nitrogens is 4. The Morgan fingerprint density at radius 1 is 1.03 bits per heavy atom. The summed E-state index contributed by atoms with van der Waals surface area (Å²) < 4.78 is 11.8. The van der Waals surface area contributed by atoms with Crippen LogP contribution in [0.2, 0.25) is 0 Å². The minimum atomic E-state index is 0.581. The van der Waals surface area contributed by atoms with Gasteiger partial charge in [0, 0.05) is 23.6 Å². The van der Waals surface area contributed by atoms with Gasteiger partial charge in [-0.2, -0.15) is 0 Å². The normalized spacial score (nSPS) is 13.6. The molecule has 6 rings (SSSR count). The molecule has 1 N–H and O–H groups in total. The number of nitrogens with one attached hydrogen (secondary N) is 1. The maximum absolute atomic E-state index is 6.29. The highest BCUT2D eigenvalue weighted by Gasteiger charge is 2.22. The average molecular weight is 495 g/mol. The number of rotatable bonds is 5. The minimum absolute atomic E-state index is 0.581. The highest BCUT2D eigenvalue weighted by atomic mass is 16.5. The molecular formula is C29H30N6O2. The number of benzene rings is 3. The molecule has 0 amide bonds. The number of aromatic amines is 1. The lowest BCUT2D eigenvalue weighted by Gasteiger charge is -2.24. The lowest BCUT2D eigenvalue weighted by molar-refractivity contribution is 0.329. The second-order valence-corrected chi connectivity index (χ2v) is 9.77. The summed E-state index contributed by atoms with van der Waals surface area (Å²) in [7, 11) is 5.73. The molecule has 1 aliphatic rings. The summed E-state index contributed by atoms with van der Waals surface area (Å²) in [5, 5.41) is 1.00. The number of imidazole rings is 1. The third kappa shape index (κ3) is 4.44. The molecule has 3 heterocycles. The Hall–Kier alpha value is -4.17. The van der Waals surface area contributed by atoms with Gasteiger partial charge in [0.1, 0.15) is 29.7 Å². The van der Waals surface area contributed by atoms with Crippen LogP contribution in [0.4, 0.5) is 5.82 Å². The average Bonchev–Trinajstić information content (AvgIpc) is 3.25. The van der Waals surface area contributed by atoms with Crippen LogP contribution in [0.5, 0.6) is 11.5 Å². The molecule has 0 aliphatic carbocycles. The van der Waals surface area contributed by atoms with Crippen molar-refractivity contribution < 1.29 is 9.47 Å². The van der Waals surface area contributed by atoms with Crippen LogP contribution >= 0.6 is 0 Å². The van der Waals surface area contributed by atoms with Gasteiger partial charge in [0.25, 0.3) is 0 Å². The zero-order valence-corrected chi connectivity index (χ0v) is 21.6. The fourth-order valence-corrected chi connectivity index (χ4v) is 5.04. The summed E-state index contributed by atoms with van der Waals surface area (Å²) in [6.07, 6.45) is 1.73. The summed E-state index contributed by atoms with van der Waals surface area (Å²) in [5.74, 6) is 3.45. The van der Waals surface area contributed by atoms with Crippen molar-refractivity contribution in [3.05, 3.63) is 71.8 Å². The monoisotopic (exact) mass is 494 g/mol. The molecule has 0 spiro atoms. The van der Waals surface area contributed by atoms with Gasteiger partial charge in [-0.25, -0.2) is 15.0 Å². The second kappa shape index (κ2) is 9.37. The molecule has 0 saturated heterocycles. The molecule has 5 aromatic rings. The van der Waals surface area contributed by atoms with Gasteiger partial charge in [-0.1, -0.05) is 6.07 Å². The maximum atomic E-state index is 6.29. The maximum Gasteiger partial charge on any atom is 0.145 e. The first-order valence-corrected chi connectivity index (χ1v) is 12.4. The van der Waals surface area contributed by atoms with Gasteiger partial charge in [-0.3, -0.25) is 0 Å². The molecule has 8 heteroatoms. The molecule has 0 unspecified atom stereocenters. The third-order valence-corrected chi connectivity index (χ3v) is 6.76. The predicted octanol–water partition coefficient (Wildman–Crippen LogP) is 4.95. The van der Waals surface area contributed by atoms with Crippen molar-refractivity contribution in [1.82, 2.24) is 24.8 Å². The van der Waals surface area contributed by atoms with E-state index in [0.717, 1.165) is 73.9 Å². The van der Waals surface area contributed by atoms with Gasteiger partial charge in [0.05, 0.1) is 43.1 Å². The number of nitrogens with zero attached hydrogens (tertiary/aromatic N) is 5. The Balaban J connectivity index is 1.43. The number of anilines is 1. The van der Waals surface area contributed by atoms with Crippen LogP contribution in [0.3, 0.4) is 0 Å². The van der Waals surface area contributed by atoms with Crippen molar-refractivity contribution in [2.24, 2.45) is 0 Å². The third-order valence-electron chi connectivity index (χ3n) is 6.76. The number of aryl methyl sites for hydroxylation is 1. The molecule has 0 bridgehead atoms. The molecule has 0 radical (unpaired) electrons. The molecule has 0 saturated carbocycles. The molecule has 8 nitrogen and oxygen atoms in total. The van der Waals surface area contributed by atoms with Crippen LogP contribution in [-0.4, -0.2) is 59.2 Å². The quantitative estimate of drug-likeness (QED) is 0.370. The summed E-state index contributed by atoms with van der Waals surface area (Å²) in [6, 6.07) is 16.8. The van der Waals surface area contributed by atoms with Gasteiger partial charge in [-0.05, 0) is 74.1 Å². The van der Waals surface area contributed by atoms with Gasteiger partial charge in [-0.15, -0.1) is 0 Å². The van der Waals surface area contributed by atoms with Crippen LogP contribution in [0.15, 0.2) is 54.9 Å². The minimum Gasteiger partial charge on any atom is -0.497 e. The van der Waals surface area contributed by atoms with Crippen LogP contribution in [0.25, 0.3) is 33.1 Å². The Morgan fingerprint density at radius 3 is 2.76 bits per heavy atom. The van der Waals surface area contributed by atoms with Gasteiger partial charge < -0.3 is 24.3 Å². The molecule has 3 aromatic carbocycles. The van der Waals surface area contributed by atoms with Crippen molar-refractivity contribution in [2.45, 2.75) is 20.0 Å². The number of H-pyrrole nitrogens is 1. The van der Waals surface area contributed by atoms with E-state index in [0.29, 0.717) is 19.7 Å². The van der Waals surface area contributed by atoms with Gasteiger partial charge >= 0.3 is 0 Å². The van der Waals surface area contributed by atoms with E-state index in [1.165, 1.54) is 0 Å². The molecule has 0 atom stereocenters. The van der Waals surface area contributed by atoms with E-state index in [-0.39, 0.29) is 0 Å². The fourth-order valence-electron chi connectivity index (χ4n) is 5.04. The van der Waals surface area contributed by atoms with Crippen molar-refractivity contribution in [3.8, 4) is 22.6 Å². The van der Waals surface area contributed by atoms with Crippen molar-refractivity contribution in [1.29, 1.82) is 0 Å². The lowest BCUT2D eigenvalue weighted by Crippen LogP contribution is -2.27. The van der Waals surface area contributed by atoms with Crippen LogP contribution in [0.1, 0.15) is 17.0 Å². The molecule has 1 aliphatic heterocycles. The van der Waals surface area contributed by atoms with Gasteiger partial charge in [0.15, 0.2) is 0 Å². The van der Waals surface area contributed by atoms with E-state index in [9.17, 15) is 0 Å². The van der Waals surface area contributed by atoms with Crippen molar-refractivity contribution in [2.75, 3.05) is 39.3 Å². The Labute approximate surface area is 215 Å². The molecule has 0 fully saturated rings. The van der Waals surface area contributed by atoms with Gasteiger partial charge in [0.2, 0.25) is 0 Å². The predicted molar refractivity (Wildman–Crippen MR) is 146 cm³/mol. The first-order chi connectivity index (χ1) is 18.0. The largest absolute Gasteiger partial charge is 0.497 e. The molecule has 188 valence electrons. The zero-order valence-electron chi connectivity index (χ0n) is 21.6. The van der Waals surface area contributed by atoms with Crippen molar-refractivity contribution >= 4 is 27.8 Å². The first-order valence-electron chi connectivity index (χ1n) is 12.4. The van der Waals surface area contributed by atoms with E-state index in [1.54, 1.807) is 13.4 Å². The highest BCUT2D eigenvalue weighted by molar-refractivity contribution is 5.90. The van der Waals surface area contributed by atoms with E-state index in [1.807, 2.05) is 26.2 Å². The number of methoxy groups -OCH3 is 1. The van der Waals surface area contributed by atoms with Crippen LogP contribution in [-0.2, 0) is 13.1 Å².